The first-order valence-electron chi connectivity index (χ1n) is 7.26. The number of benzene rings is 1. The molecule has 0 aliphatic carbocycles. The molecule has 3 heteroatoms. The molecule has 1 unspecified atom stereocenters. The van der Waals surface area contributed by atoms with Gasteiger partial charge in [0.05, 0.1) is 0 Å². The second-order valence-corrected chi connectivity index (χ2v) is 5.44. The first-order valence-corrected chi connectivity index (χ1v) is 7.26. The Bertz CT molecular complexity index is 381. The van der Waals surface area contributed by atoms with Crippen LogP contribution in [0.3, 0.4) is 0 Å². The number of anilines is 1. The number of rotatable bonds is 8. The third-order valence-electron chi connectivity index (χ3n) is 3.78. The van der Waals surface area contributed by atoms with E-state index >= 15 is 0 Å². The average molecular weight is 266 g/mol. The Kier molecular flexibility index (Phi) is 6.29. The highest BCUT2D eigenvalue weighted by molar-refractivity contribution is 5.46. The van der Waals surface area contributed by atoms with E-state index in [0.29, 0.717) is 0 Å². The smallest absolute Gasteiger partial charge is 0.125 e. The quantitative estimate of drug-likeness (QED) is 0.772. The van der Waals surface area contributed by atoms with E-state index in [-0.39, 0.29) is 11.2 Å². The van der Waals surface area contributed by atoms with Gasteiger partial charge in [-0.15, -0.1) is 0 Å². The summed E-state index contributed by atoms with van der Waals surface area (Å²) in [5.41, 5.74) is 1.18. The van der Waals surface area contributed by atoms with E-state index in [2.05, 4.69) is 37.9 Å². The van der Waals surface area contributed by atoms with Crippen molar-refractivity contribution in [3.8, 4) is 0 Å². The topological polar surface area (TPSA) is 15.3 Å². The van der Waals surface area contributed by atoms with Crippen molar-refractivity contribution in [1.82, 2.24) is 5.32 Å². The maximum Gasteiger partial charge on any atom is 0.125 e. The van der Waals surface area contributed by atoms with Crippen LogP contribution in [-0.4, -0.2) is 26.2 Å². The van der Waals surface area contributed by atoms with Crippen molar-refractivity contribution in [1.29, 1.82) is 0 Å². The number of hydrogen-bond donors (Lipinski definition) is 1. The molecule has 1 rings (SSSR count). The summed E-state index contributed by atoms with van der Waals surface area (Å²) >= 11 is 0. The maximum atomic E-state index is 13.3. The molecule has 0 bridgehead atoms. The van der Waals surface area contributed by atoms with Crippen LogP contribution in [0.5, 0.6) is 0 Å². The van der Waals surface area contributed by atoms with Gasteiger partial charge in [0.2, 0.25) is 0 Å². The van der Waals surface area contributed by atoms with Crippen molar-refractivity contribution >= 4 is 5.69 Å². The van der Waals surface area contributed by atoms with Crippen LogP contribution < -0.4 is 10.2 Å². The fourth-order valence-corrected chi connectivity index (χ4v) is 2.24. The Balaban J connectivity index is 2.79. The zero-order valence-electron chi connectivity index (χ0n) is 12.7. The van der Waals surface area contributed by atoms with Crippen LogP contribution >= 0.6 is 0 Å². The van der Waals surface area contributed by atoms with Crippen molar-refractivity contribution in [2.75, 3.05) is 31.1 Å². The van der Waals surface area contributed by atoms with E-state index in [4.69, 9.17) is 0 Å². The van der Waals surface area contributed by atoms with E-state index in [1.54, 1.807) is 12.1 Å². The summed E-state index contributed by atoms with van der Waals surface area (Å²) in [4.78, 5) is 2.25. The second kappa shape index (κ2) is 7.49. The van der Waals surface area contributed by atoms with Crippen LogP contribution in [0, 0.1) is 11.2 Å². The van der Waals surface area contributed by atoms with Gasteiger partial charge in [-0.2, -0.15) is 0 Å². The molecule has 1 N–H and O–H groups in total. The molecule has 1 aromatic rings. The molecule has 0 saturated carbocycles. The van der Waals surface area contributed by atoms with E-state index in [1.807, 2.05) is 6.07 Å². The van der Waals surface area contributed by atoms with Gasteiger partial charge in [0.15, 0.2) is 0 Å². The Morgan fingerprint density at radius 3 is 2.53 bits per heavy atom. The minimum atomic E-state index is -0.166. The monoisotopic (exact) mass is 266 g/mol. The molecule has 0 amide bonds. The highest BCUT2D eigenvalue weighted by Gasteiger charge is 2.24. The molecular weight excluding hydrogens is 239 g/mol. The van der Waals surface area contributed by atoms with Crippen LogP contribution in [-0.2, 0) is 0 Å². The lowest BCUT2D eigenvalue weighted by Gasteiger charge is -2.36. The van der Waals surface area contributed by atoms with Gasteiger partial charge in [-0.25, -0.2) is 4.39 Å². The normalized spacial score (nSPS) is 14.2. The van der Waals surface area contributed by atoms with Gasteiger partial charge in [0.25, 0.3) is 0 Å². The molecule has 1 atom stereocenters. The predicted molar refractivity (Wildman–Crippen MR) is 81.2 cm³/mol. The average Bonchev–Trinajstić information content (AvgIpc) is 2.42. The Hall–Kier alpha value is -1.09. The molecular formula is C16H27FN2. The Morgan fingerprint density at radius 2 is 2.00 bits per heavy atom. The molecule has 1 aromatic carbocycles. The molecule has 0 aliphatic rings. The molecule has 0 heterocycles. The van der Waals surface area contributed by atoms with Crippen LogP contribution in [0.4, 0.5) is 10.1 Å². The van der Waals surface area contributed by atoms with Crippen molar-refractivity contribution in [2.45, 2.75) is 34.1 Å². The molecule has 0 aliphatic heterocycles. The summed E-state index contributed by atoms with van der Waals surface area (Å²) in [5.74, 6) is -0.166. The lowest BCUT2D eigenvalue weighted by atomic mass is 9.86. The fourth-order valence-electron chi connectivity index (χ4n) is 2.24. The van der Waals surface area contributed by atoms with E-state index < -0.39 is 0 Å². The van der Waals surface area contributed by atoms with Crippen LogP contribution in [0.15, 0.2) is 24.3 Å². The molecule has 0 aromatic heterocycles. The molecule has 0 radical (unpaired) electrons. The number of nitrogens with zero attached hydrogens (tertiary/aromatic N) is 1. The summed E-state index contributed by atoms with van der Waals surface area (Å²) in [6.07, 6.45) is 1.10. The number of halogens is 1. The lowest BCUT2D eigenvalue weighted by Crippen LogP contribution is -2.42. The summed E-state index contributed by atoms with van der Waals surface area (Å²) in [6, 6.07) is 6.87. The van der Waals surface area contributed by atoms with Gasteiger partial charge in [-0.1, -0.05) is 26.8 Å². The van der Waals surface area contributed by atoms with Gasteiger partial charge in [0, 0.05) is 25.3 Å². The second-order valence-electron chi connectivity index (χ2n) is 5.44. The zero-order chi connectivity index (χ0) is 14.3. The summed E-state index contributed by atoms with van der Waals surface area (Å²) in [6.45, 7) is 12.6. The highest BCUT2D eigenvalue weighted by atomic mass is 19.1. The van der Waals surface area contributed by atoms with E-state index in [9.17, 15) is 4.39 Å². The third kappa shape index (κ3) is 4.83. The highest BCUT2D eigenvalue weighted by Crippen LogP contribution is 2.25. The first kappa shape index (κ1) is 16.0. The lowest BCUT2D eigenvalue weighted by molar-refractivity contribution is 0.298. The van der Waals surface area contributed by atoms with Crippen molar-refractivity contribution in [3.05, 3.63) is 30.1 Å². The van der Waals surface area contributed by atoms with Gasteiger partial charge in [0.1, 0.15) is 5.82 Å². The predicted octanol–water partition coefficient (Wildman–Crippen LogP) is 3.68. The van der Waals surface area contributed by atoms with Crippen LogP contribution in [0.25, 0.3) is 0 Å². The molecule has 0 spiro atoms. The van der Waals surface area contributed by atoms with Crippen molar-refractivity contribution in [2.24, 2.45) is 5.41 Å². The molecule has 0 fully saturated rings. The van der Waals surface area contributed by atoms with E-state index in [0.717, 1.165) is 38.3 Å². The summed E-state index contributed by atoms with van der Waals surface area (Å²) in [5, 5.41) is 3.43. The Labute approximate surface area is 117 Å². The van der Waals surface area contributed by atoms with Crippen LogP contribution in [0.2, 0.25) is 0 Å². The van der Waals surface area contributed by atoms with E-state index in [1.165, 1.54) is 6.07 Å². The molecule has 2 nitrogen and oxygen atoms in total. The van der Waals surface area contributed by atoms with Gasteiger partial charge in [-0.05, 0) is 43.5 Å². The molecule has 19 heavy (non-hydrogen) atoms. The molecule has 0 saturated heterocycles. The third-order valence-corrected chi connectivity index (χ3v) is 3.78. The minimum Gasteiger partial charge on any atom is -0.371 e. The minimum absolute atomic E-state index is 0.166. The molecule has 108 valence electrons. The van der Waals surface area contributed by atoms with Crippen molar-refractivity contribution in [3.63, 3.8) is 0 Å². The standard InChI is InChI=1S/C16H27FN2/c1-5-16(4,12-18-6-2)13-19(7-3)15-10-8-9-14(17)11-15/h8-11,18H,5-7,12-13H2,1-4H3. The summed E-state index contributed by atoms with van der Waals surface area (Å²) < 4.78 is 13.3. The number of hydrogen-bond acceptors (Lipinski definition) is 2. The van der Waals surface area contributed by atoms with Crippen LogP contribution in [0.1, 0.15) is 34.1 Å². The Morgan fingerprint density at radius 1 is 1.26 bits per heavy atom. The van der Waals surface area contributed by atoms with Gasteiger partial charge < -0.3 is 10.2 Å². The van der Waals surface area contributed by atoms with Gasteiger partial charge >= 0.3 is 0 Å². The maximum absolute atomic E-state index is 13.3. The first-order chi connectivity index (χ1) is 9.04. The largest absolute Gasteiger partial charge is 0.371 e. The van der Waals surface area contributed by atoms with Gasteiger partial charge in [-0.3, -0.25) is 0 Å². The summed E-state index contributed by atoms with van der Waals surface area (Å²) in [7, 11) is 0. The number of nitrogens with one attached hydrogen (secondary N) is 1. The SMILES string of the molecule is CCNCC(C)(CC)CN(CC)c1cccc(F)c1. The zero-order valence-corrected chi connectivity index (χ0v) is 12.7. The fraction of sp³-hybridized carbons (Fsp3) is 0.625. The van der Waals surface area contributed by atoms with Crippen molar-refractivity contribution < 1.29 is 4.39 Å².